The number of pyridine rings is 1. The number of aromatic nitrogens is 2. The van der Waals surface area contributed by atoms with E-state index in [1.807, 2.05) is 6.07 Å². The van der Waals surface area contributed by atoms with Crippen LogP contribution in [0.15, 0.2) is 23.8 Å². The fraction of sp³-hybridized carbons (Fsp3) is 0.429. The van der Waals surface area contributed by atoms with Gasteiger partial charge in [-0.15, -0.1) is 11.3 Å². The van der Waals surface area contributed by atoms with Crippen molar-refractivity contribution in [3.8, 4) is 0 Å². The number of thiazole rings is 1. The molecule has 1 unspecified atom stereocenters. The van der Waals surface area contributed by atoms with Crippen LogP contribution in [0.3, 0.4) is 0 Å². The topological polar surface area (TPSA) is 51.8 Å². The van der Waals surface area contributed by atoms with Gasteiger partial charge in [-0.1, -0.05) is 32.4 Å². The van der Waals surface area contributed by atoms with E-state index in [4.69, 9.17) is 17.3 Å². The van der Waals surface area contributed by atoms with Crippen LogP contribution in [0.1, 0.15) is 43.1 Å². The molecular formula is C14H18ClN3S. The van der Waals surface area contributed by atoms with Gasteiger partial charge in [0, 0.05) is 35.7 Å². The molecule has 2 aromatic rings. The molecule has 0 spiro atoms. The predicted molar refractivity (Wildman–Crippen MR) is 80.7 cm³/mol. The molecule has 0 fully saturated rings. The van der Waals surface area contributed by atoms with Gasteiger partial charge in [0.25, 0.3) is 0 Å². The molecule has 19 heavy (non-hydrogen) atoms. The fourth-order valence-electron chi connectivity index (χ4n) is 1.73. The van der Waals surface area contributed by atoms with Gasteiger partial charge in [-0.05, 0) is 11.6 Å². The zero-order valence-electron chi connectivity index (χ0n) is 11.4. The minimum absolute atomic E-state index is 0.0765. The molecule has 0 aliphatic heterocycles. The Morgan fingerprint density at radius 1 is 1.42 bits per heavy atom. The lowest BCUT2D eigenvalue weighted by atomic mass is 9.93. The van der Waals surface area contributed by atoms with Crippen molar-refractivity contribution in [2.24, 2.45) is 5.73 Å². The second-order valence-corrected chi connectivity index (χ2v) is 6.93. The van der Waals surface area contributed by atoms with E-state index in [0.29, 0.717) is 11.4 Å². The predicted octanol–water partition coefficient (Wildman–Crippen LogP) is 3.73. The highest BCUT2D eigenvalue weighted by molar-refractivity contribution is 7.09. The Bertz CT molecular complexity index is 560. The summed E-state index contributed by atoms with van der Waals surface area (Å²) in [5.74, 6) is 0. The van der Waals surface area contributed by atoms with E-state index in [0.717, 1.165) is 16.3 Å². The number of hydrogen-bond donors (Lipinski definition) is 1. The summed E-state index contributed by atoms with van der Waals surface area (Å²) in [7, 11) is 0. The van der Waals surface area contributed by atoms with Crippen molar-refractivity contribution in [2.75, 3.05) is 0 Å². The van der Waals surface area contributed by atoms with Crippen molar-refractivity contribution >= 4 is 22.9 Å². The van der Waals surface area contributed by atoms with Crippen LogP contribution in [0, 0.1) is 0 Å². The van der Waals surface area contributed by atoms with Crippen LogP contribution in [-0.2, 0) is 11.8 Å². The number of halogens is 1. The first-order chi connectivity index (χ1) is 8.88. The Balaban J connectivity index is 2.14. The molecule has 2 rings (SSSR count). The fourth-order valence-corrected chi connectivity index (χ4v) is 3.07. The molecule has 102 valence electrons. The van der Waals surface area contributed by atoms with Crippen LogP contribution in [0.2, 0.25) is 5.02 Å². The van der Waals surface area contributed by atoms with Crippen LogP contribution < -0.4 is 5.73 Å². The van der Waals surface area contributed by atoms with E-state index in [2.05, 4.69) is 36.1 Å². The van der Waals surface area contributed by atoms with Crippen molar-refractivity contribution in [1.82, 2.24) is 9.97 Å². The summed E-state index contributed by atoms with van der Waals surface area (Å²) in [5.41, 5.74) is 8.31. The average Bonchev–Trinajstić information content (AvgIpc) is 2.77. The van der Waals surface area contributed by atoms with Gasteiger partial charge in [0.2, 0.25) is 0 Å². The molecule has 2 aromatic heterocycles. The number of hydrogen-bond acceptors (Lipinski definition) is 4. The average molecular weight is 296 g/mol. The molecule has 2 heterocycles. The molecule has 0 bridgehead atoms. The van der Waals surface area contributed by atoms with E-state index in [-0.39, 0.29) is 11.5 Å². The molecule has 0 saturated carbocycles. The second-order valence-electron chi connectivity index (χ2n) is 5.58. The standard InChI is InChI=1S/C14H18ClN3S/c1-14(2,3)12-8-19-13(18-12)6-11(16)9-4-5-17-7-10(9)15/h4-5,7-8,11H,6,16H2,1-3H3. The van der Waals surface area contributed by atoms with Gasteiger partial charge < -0.3 is 5.73 Å². The van der Waals surface area contributed by atoms with Crippen molar-refractivity contribution in [3.05, 3.63) is 45.1 Å². The Labute approximate surface area is 122 Å². The summed E-state index contributed by atoms with van der Waals surface area (Å²) in [6.07, 6.45) is 4.03. The Kier molecular flexibility index (Phi) is 4.23. The van der Waals surface area contributed by atoms with Gasteiger partial charge in [-0.3, -0.25) is 4.98 Å². The molecule has 0 amide bonds. The molecule has 0 aromatic carbocycles. The molecule has 3 nitrogen and oxygen atoms in total. The van der Waals surface area contributed by atoms with E-state index in [1.54, 1.807) is 23.7 Å². The summed E-state index contributed by atoms with van der Waals surface area (Å²) >= 11 is 7.76. The molecule has 0 aliphatic rings. The maximum Gasteiger partial charge on any atom is 0.0947 e. The van der Waals surface area contributed by atoms with Crippen LogP contribution in [-0.4, -0.2) is 9.97 Å². The first-order valence-corrected chi connectivity index (χ1v) is 7.43. The molecule has 1 atom stereocenters. The van der Waals surface area contributed by atoms with Crippen LogP contribution in [0.4, 0.5) is 0 Å². The normalized spacial score (nSPS) is 13.5. The molecule has 0 aliphatic carbocycles. The molecular weight excluding hydrogens is 278 g/mol. The Hall–Kier alpha value is -0.970. The highest BCUT2D eigenvalue weighted by atomic mass is 35.5. The first kappa shape index (κ1) is 14.4. The van der Waals surface area contributed by atoms with Crippen molar-refractivity contribution < 1.29 is 0 Å². The smallest absolute Gasteiger partial charge is 0.0947 e. The lowest BCUT2D eigenvalue weighted by Gasteiger charge is -2.15. The molecule has 0 radical (unpaired) electrons. The van der Waals surface area contributed by atoms with Gasteiger partial charge in [-0.2, -0.15) is 0 Å². The third kappa shape index (κ3) is 3.53. The van der Waals surface area contributed by atoms with Gasteiger partial charge in [0.1, 0.15) is 0 Å². The van der Waals surface area contributed by atoms with E-state index in [1.165, 1.54) is 0 Å². The van der Waals surface area contributed by atoms with Crippen molar-refractivity contribution in [2.45, 2.75) is 38.6 Å². The number of nitrogens with two attached hydrogens (primary N) is 1. The SMILES string of the molecule is CC(C)(C)c1csc(CC(N)c2ccncc2Cl)n1. The lowest BCUT2D eigenvalue weighted by Crippen LogP contribution is -2.15. The van der Waals surface area contributed by atoms with E-state index < -0.39 is 0 Å². The van der Waals surface area contributed by atoms with Gasteiger partial charge in [-0.25, -0.2) is 4.98 Å². The van der Waals surface area contributed by atoms with Crippen LogP contribution >= 0.6 is 22.9 Å². The summed E-state index contributed by atoms with van der Waals surface area (Å²) < 4.78 is 0. The van der Waals surface area contributed by atoms with Crippen LogP contribution in [0.25, 0.3) is 0 Å². The maximum absolute atomic E-state index is 6.20. The zero-order valence-corrected chi connectivity index (χ0v) is 12.9. The molecule has 0 saturated heterocycles. The molecule has 5 heteroatoms. The summed E-state index contributed by atoms with van der Waals surface area (Å²) in [6, 6.07) is 1.72. The third-order valence-corrected chi connectivity index (χ3v) is 4.10. The van der Waals surface area contributed by atoms with E-state index >= 15 is 0 Å². The summed E-state index contributed by atoms with van der Waals surface area (Å²) in [6.45, 7) is 6.47. The third-order valence-electron chi connectivity index (χ3n) is 2.92. The minimum Gasteiger partial charge on any atom is -0.324 e. The Morgan fingerprint density at radius 2 is 2.16 bits per heavy atom. The van der Waals surface area contributed by atoms with Gasteiger partial charge >= 0.3 is 0 Å². The van der Waals surface area contributed by atoms with E-state index in [9.17, 15) is 0 Å². The summed E-state index contributed by atoms with van der Waals surface area (Å²) in [5, 5.41) is 3.77. The summed E-state index contributed by atoms with van der Waals surface area (Å²) in [4.78, 5) is 8.63. The monoisotopic (exact) mass is 295 g/mol. The maximum atomic E-state index is 6.20. The largest absolute Gasteiger partial charge is 0.324 e. The first-order valence-electron chi connectivity index (χ1n) is 6.18. The van der Waals surface area contributed by atoms with Crippen molar-refractivity contribution in [3.63, 3.8) is 0 Å². The number of rotatable bonds is 3. The number of nitrogens with zero attached hydrogens (tertiary/aromatic N) is 2. The quantitative estimate of drug-likeness (QED) is 0.938. The minimum atomic E-state index is -0.144. The Morgan fingerprint density at radius 3 is 2.74 bits per heavy atom. The van der Waals surface area contributed by atoms with Gasteiger partial charge in [0.15, 0.2) is 0 Å². The van der Waals surface area contributed by atoms with Crippen molar-refractivity contribution in [1.29, 1.82) is 0 Å². The molecule has 2 N–H and O–H groups in total. The second kappa shape index (κ2) is 5.57. The lowest BCUT2D eigenvalue weighted by molar-refractivity contribution is 0.569. The highest BCUT2D eigenvalue weighted by Gasteiger charge is 2.19. The van der Waals surface area contributed by atoms with Crippen LogP contribution in [0.5, 0.6) is 0 Å². The zero-order chi connectivity index (χ0) is 14.0. The van der Waals surface area contributed by atoms with Gasteiger partial charge in [0.05, 0.1) is 15.7 Å². The highest BCUT2D eigenvalue weighted by Crippen LogP contribution is 2.27.